The molecule has 0 aliphatic carbocycles. The lowest BCUT2D eigenvalue weighted by Crippen LogP contribution is -2.37. The standard InChI is InChI=1S/C15H15ClN2O6S2/c16-9-2-1-3-10(4-9)18-11-7-26(22,23)8-12(11)25-15(18)17-13(19)5-24-6-14(20)21/h1-4,11-12H,5-8H2,(H,20,21)/t11-,12-/m1/s1. The van der Waals surface area contributed by atoms with E-state index in [2.05, 4.69) is 4.99 Å². The van der Waals surface area contributed by atoms with E-state index in [1.165, 1.54) is 11.8 Å². The molecule has 0 bridgehead atoms. The number of hydrogen-bond donors (Lipinski definition) is 1. The summed E-state index contributed by atoms with van der Waals surface area (Å²) in [6, 6.07) is 6.53. The molecule has 2 aliphatic heterocycles. The van der Waals surface area contributed by atoms with Crippen molar-refractivity contribution < 1.29 is 27.9 Å². The van der Waals surface area contributed by atoms with Gasteiger partial charge in [-0.1, -0.05) is 29.4 Å². The molecular weight excluding hydrogens is 404 g/mol. The summed E-state index contributed by atoms with van der Waals surface area (Å²) in [5.74, 6) is -1.83. The number of carboxylic acids is 1. The van der Waals surface area contributed by atoms with Crippen LogP contribution in [-0.2, 0) is 24.2 Å². The van der Waals surface area contributed by atoms with Crippen LogP contribution in [0.5, 0.6) is 0 Å². The average Bonchev–Trinajstić information content (AvgIpc) is 2.97. The fraction of sp³-hybridized carbons (Fsp3) is 0.400. The van der Waals surface area contributed by atoms with Crippen LogP contribution in [0.15, 0.2) is 29.3 Å². The van der Waals surface area contributed by atoms with E-state index >= 15 is 0 Å². The number of thioether (sulfide) groups is 1. The number of amides is 1. The van der Waals surface area contributed by atoms with Crippen LogP contribution < -0.4 is 4.90 Å². The van der Waals surface area contributed by atoms with Crippen LogP contribution in [0, 0.1) is 0 Å². The number of nitrogens with zero attached hydrogens (tertiary/aromatic N) is 2. The maximum Gasteiger partial charge on any atom is 0.329 e. The molecule has 0 unspecified atom stereocenters. The van der Waals surface area contributed by atoms with E-state index in [-0.39, 0.29) is 22.8 Å². The summed E-state index contributed by atoms with van der Waals surface area (Å²) in [5, 5.41) is 9.14. The Balaban J connectivity index is 1.85. The number of amidine groups is 1. The minimum atomic E-state index is -3.16. The predicted molar refractivity (Wildman–Crippen MR) is 98.6 cm³/mol. The number of benzene rings is 1. The van der Waals surface area contributed by atoms with Crippen LogP contribution in [0.3, 0.4) is 0 Å². The van der Waals surface area contributed by atoms with Gasteiger partial charge in [-0.25, -0.2) is 13.2 Å². The summed E-state index contributed by atoms with van der Waals surface area (Å²) in [6.07, 6.45) is 0. The molecule has 8 nitrogen and oxygen atoms in total. The van der Waals surface area contributed by atoms with Gasteiger partial charge in [0.25, 0.3) is 5.91 Å². The van der Waals surface area contributed by atoms with E-state index in [0.29, 0.717) is 15.9 Å². The number of carbonyl (C=O) groups excluding carboxylic acids is 1. The molecule has 1 N–H and O–H groups in total. The van der Waals surface area contributed by atoms with Crippen molar-refractivity contribution in [1.82, 2.24) is 0 Å². The quantitative estimate of drug-likeness (QED) is 0.754. The third kappa shape index (κ3) is 4.37. The molecule has 0 saturated carbocycles. The molecule has 1 aromatic rings. The Labute approximate surface area is 159 Å². The van der Waals surface area contributed by atoms with Crippen LogP contribution in [0.25, 0.3) is 0 Å². The normalized spacial score (nSPS) is 25.4. The predicted octanol–water partition coefficient (Wildman–Crippen LogP) is 1.04. The van der Waals surface area contributed by atoms with Gasteiger partial charge in [0, 0.05) is 16.0 Å². The Morgan fingerprint density at radius 2 is 2.12 bits per heavy atom. The van der Waals surface area contributed by atoms with Crippen molar-refractivity contribution in [2.75, 3.05) is 29.6 Å². The van der Waals surface area contributed by atoms with Gasteiger partial charge >= 0.3 is 5.97 Å². The van der Waals surface area contributed by atoms with Crippen LogP contribution in [-0.4, -0.2) is 66.6 Å². The number of aliphatic carboxylic acids is 1. The summed E-state index contributed by atoms with van der Waals surface area (Å²) < 4.78 is 28.7. The largest absolute Gasteiger partial charge is 0.480 e. The molecule has 2 aliphatic rings. The van der Waals surface area contributed by atoms with Crippen molar-refractivity contribution in [3.8, 4) is 0 Å². The van der Waals surface area contributed by atoms with Crippen LogP contribution in [0.4, 0.5) is 5.69 Å². The summed E-state index contributed by atoms with van der Waals surface area (Å²) in [4.78, 5) is 28.1. The van der Waals surface area contributed by atoms with Crippen LogP contribution >= 0.6 is 23.4 Å². The van der Waals surface area contributed by atoms with Crippen LogP contribution in [0.2, 0.25) is 5.02 Å². The second kappa shape index (κ2) is 7.55. The zero-order valence-electron chi connectivity index (χ0n) is 13.4. The molecule has 140 valence electrons. The van der Waals surface area contributed by atoms with Crippen molar-refractivity contribution in [1.29, 1.82) is 0 Å². The molecule has 2 saturated heterocycles. The summed E-state index contributed by atoms with van der Waals surface area (Å²) in [7, 11) is -3.16. The number of carbonyl (C=O) groups is 2. The number of hydrogen-bond acceptors (Lipinski definition) is 6. The highest BCUT2D eigenvalue weighted by molar-refractivity contribution is 8.16. The number of anilines is 1. The minimum absolute atomic E-state index is 0.0160. The molecule has 1 amide bonds. The maximum atomic E-state index is 12.0. The molecule has 1 aromatic carbocycles. The van der Waals surface area contributed by atoms with Crippen molar-refractivity contribution in [2.24, 2.45) is 4.99 Å². The maximum absolute atomic E-state index is 12.0. The molecule has 2 heterocycles. The van der Waals surface area contributed by atoms with E-state index in [9.17, 15) is 18.0 Å². The molecule has 11 heteroatoms. The molecular formula is C15H15ClN2O6S2. The molecule has 3 rings (SSSR count). The van der Waals surface area contributed by atoms with Gasteiger partial charge in [0.2, 0.25) is 0 Å². The van der Waals surface area contributed by atoms with Gasteiger partial charge in [-0.05, 0) is 18.2 Å². The van der Waals surface area contributed by atoms with E-state index in [1.807, 2.05) is 0 Å². The van der Waals surface area contributed by atoms with E-state index in [0.717, 1.165) is 0 Å². The van der Waals surface area contributed by atoms with Gasteiger partial charge in [0.05, 0.1) is 17.5 Å². The Hall–Kier alpha value is -1.62. The van der Waals surface area contributed by atoms with Crippen molar-refractivity contribution in [2.45, 2.75) is 11.3 Å². The second-order valence-corrected chi connectivity index (χ2v) is 9.62. The van der Waals surface area contributed by atoms with Crippen molar-refractivity contribution in [3.05, 3.63) is 29.3 Å². The third-order valence-corrected chi connectivity index (χ3v) is 7.27. The highest BCUT2D eigenvalue weighted by Crippen LogP contribution is 2.41. The zero-order chi connectivity index (χ0) is 18.9. The monoisotopic (exact) mass is 418 g/mol. The Morgan fingerprint density at radius 3 is 2.81 bits per heavy atom. The first-order valence-corrected chi connectivity index (χ1v) is 10.7. The number of halogens is 1. The Kier molecular flexibility index (Phi) is 5.56. The number of ether oxygens (including phenoxy) is 1. The van der Waals surface area contributed by atoms with Gasteiger partial charge in [-0.15, -0.1) is 0 Å². The molecule has 2 fully saturated rings. The van der Waals surface area contributed by atoms with E-state index < -0.39 is 34.9 Å². The van der Waals surface area contributed by atoms with Gasteiger partial charge in [0.15, 0.2) is 15.0 Å². The molecule has 26 heavy (non-hydrogen) atoms. The van der Waals surface area contributed by atoms with E-state index in [4.69, 9.17) is 21.4 Å². The van der Waals surface area contributed by atoms with Gasteiger partial charge in [-0.3, -0.25) is 4.79 Å². The average molecular weight is 419 g/mol. The number of sulfone groups is 1. The lowest BCUT2D eigenvalue weighted by molar-refractivity contribution is -0.143. The van der Waals surface area contributed by atoms with Gasteiger partial charge in [0.1, 0.15) is 13.2 Å². The fourth-order valence-corrected chi connectivity index (χ4v) is 6.97. The topological polar surface area (TPSA) is 113 Å². The van der Waals surface area contributed by atoms with Crippen molar-refractivity contribution >= 4 is 55.9 Å². The van der Waals surface area contributed by atoms with Crippen LogP contribution in [0.1, 0.15) is 0 Å². The number of carboxylic acid groups (broad SMARTS) is 1. The zero-order valence-corrected chi connectivity index (χ0v) is 15.8. The SMILES string of the molecule is O=C(O)COCC(=O)N=C1S[C@@H]2CS(=O)(=O)C[C@H]2N1c1cccc(Cl)c1. The lowest BCUT2D eigenvalue weighted by atomic mass is 10.2. The van der Waals surface area contributed by atoms with Crippen molar-refractivity contribution in [3.63, 3.8) is 0 Å². The molecule has 0 spiro atoms. The molecule has 2 atom stereocenters. The molecule has 0 radical (unpaired) electrons. The summed E-state index contributed by atoms with van der Waals surface area (Å²) in [6.45, 7) is -1.06. The Bertz CT molecular complexity index is 873. The smallest absolute Gasteiger partial charge is 0.329 e. The third-order valence-electron chi connectivity index (χ3n) is 3.82. The highest BCUT2D eigenvalue weighted by Gasteiger charge is 2.49. The Morgan fingerprint density at radius 1 is 1.35 bits per heavy atom. The number of fused-ring (bicyclic) bond motifs is 1. The first-order chi connectivity index (χ1) is 12.2. The lowest BCUT2D eigenvalue weighted by Gasteiger charge is -2.24. The number of aliphatic imine (C=N–C) groups is 1. The minimum Gasteiger partial charge on any atom is -0.480 e. The molecule has 0 aromatic heterocycles. The first-order valence-electron chi connectivity index (χ1n) is 7.58. The number of rotatable bonds is 5. The van der Waals surface area contributed by atoms with Gasteiger partial charge in [-0.2, -0.15) is 4.99 Å². The second-order valence-electron chi connectivity index (χ2n) is 5.83. The highest BCUT2D eigenvalue weighted by atomic mass is 35.5. The summed E-state index contributed by atoms with van der Waals surface area (Å²) in [5.41, 5.74) is 0.646. The summed E-state index contributed by atoms with van der Waals surface area (Å²) >= 11 is 7.26. The van der Waals surface area contributed by atoms with Gasteiger partial charge < -0.3 is 14.7 Å². The van der Waals surface area contributed by atoms with E-state index in [1.54, 1.807) is 29.2 Å². The first kappa shape index (κ1) is 19.2. The fourth-order valence-electron chi connectivity index (χ4n) is 2.86.